The first-order valence-corrected chi connectivity index (χ1v) is 7.96. The Balaban J connectivity index is 2.16. The summed E-state index contributed by atoms with van der Waals surface area (Å²) in [5.41, 5.74) is 2.32. The van der Waals surface area contributed by atoms with Gasteiger partial charge in [-0.15, -0.1) is 11.3 Å². The van der Waals surface area contributed by atoms with E-state index < -0.39 is 0 Å². The van der Waals surface area contributed by atoms with Crippen molar-refractivity contribution in [3.8, 4) is 20.9 Å². The van der Waals surface area contributed by atoms with Crippen molar-refractivity contribution in [2.75, 3.05) is 0 Å². The third-order valence-electron chi connectivity index (χ3n) is 2.68. The van der Waals surface area contributed by atoms with E-state index in [-0.39, 0.29) is 0 Å². The highest BCUT2D eigenvalue weighted by molar-refractivity contribution is 9.13. The summed E-state index contributed by atoms with van der Waals surface area (Å²) in [6, 6.07) is 8.05. The molecule has 3 aromatic rings. The Morgan fingerprint density at radius 2 is 1.05 bits per heavy atom. The first-order valence-electron chi connectivity index (χ1n) is 5.56. The molecule has 0 saturated heterocycles. The summed E-state index contributed by atoms with van der Waals surface area (Å²) in [4.78, 5) is 10.5. The van der Waals surface area contributed by atoms with Gasteiger partial charge in [0.15, 0.2) is 0 Å². The number of hydrogen-bond donors (Lipinski definition) is 0. The van der Waals surface area contributed by atoms with Crippen molar-refractivity contribution >= 4 is 43.2 Å². The molecule has 3 heterocycles. The van der Waals surface area contributed by atoms with E-state index >= 15 is 0 Å². The van der Waals surface area contributed by atoms with Crippen LogP contribution in [0.4, 0.5) is 0 Å². The van der Waals surface area contributed by atoms with E-state index in [9.17, 15) is 0 Å². The maximum Gasteiger partial charge on any atom is 0.0510 e. The molecule has 0 saturated carbocycles. The van der Waals surface area contributed by atoms with E-state index in [1.165, 1.54) is 9.75 Å². The summed E-state index contributed by atoms with van der Waals surface area (Å²) >= 11 is 9.07. The Morgan fingerprint density at radius 3 is 1.42 bits per heavy atom. The number of thiophene rings is 1. The first-order chi connectivity index (χ1) is 9.27. The number of rotatable bonds is 2. The van der Waals surface area contributed by atoms with E-state index in [1.54, 1.807) is 11.3 Å². The minimum absolute atomic E-state index is 1.08. The molecule has 0 spiro atoms. The van der Waals surface area contributed by atoms with Gasteiger partial charge < -0.3 is 0 Å². The second-order valence-electron chi connectivity index (χ2n) is 3.86. The molecule has 0 N–H and O–H groups in total. The van der Waals surface area contributed by atoms with Crippen LogP contribution in [0.5, 0.6) is 0 Å². The molecule has 19 heavy (non-hydrogen) atoms. The van der Waals surface area contributed by atoms with Gasteiger partial charge in [-0.3, -0.25) is 9.97 Å². The van der Waals surface area contributed by atoms with E-state index in [0.29, 0.717) is 0 Å². The zero-order chi connectivity index (χ0) is 13.2. The van der Waals surface area contributed by atoms with Crippen LogP contribution in [0.15, 0.2) is 58.0 Å². The van der Waals surface area contributed by atoms with Crippen LogP contribution in [0, 0.1) is 0 Å². The van der Waals surface area contributed by atoms with Crippen LogP contribution in [-0.2, 0) is 0 Å². The Bertz CT molecular complexity index is 636. The fourth-order valence-electron chi connectivity index (χ4n) is 1.77. The maximum absolute atomic E-state index is 4.06. The maximum atomic E-state index is 4.06. The lowest BCUT2D eigenvalue weighted by atomic mass is 10.2. The standard InChI is InChI=1S/C14H8Br2N2S/c15-11-12(16)14(10-3-7-18-8-4-10)19-13(11)9-1-5-17-6-2-9/h1-8H. The normalized spacial score (nSPS) is 10.6. The van der Waals surface area contributed by atoms with Crippen molar-refractivity contribution in [1.82, 2.24) is 9.97 Å². The monoisotopic (exact) mass is 394 g/mol. The van der Waals surface area contributed by atoms with Crippen LogP contribution in [0.2, 0.25) is 0 Å². The van der Waals surface area contributed by atoms with Gasteiger partial charge in [-0.05, 0) is 67.3 Å². The second kappa shape index (κ2) is 5.53. The Hall–Kier alpha value is -1.04. The third-order valence-corrected chi connectivity index (χ3v) is 6.61. The average molecular weight is 396 g/mol. The first kappa shape index (κ1) is 13.0. The lowest BCUT2D eigenvalue weighted by Gasteiger charge is -1.97. The minimum Gasteiger partial charge on any atom is -0.265 e. The van der Waals surface area contributed by atoms with Gasteiger partial charge in [-0.25, -0.2) is 0 Å². The van der Waals surface area contributed by atoms with Crippen LogP contribution >= 0.6 is 43.2 Å². The lowest BCUT2D eigenvalue weighted by molar-refractivity contribution is 1.33. The highest BCUT2D eigenvalue weighted by Crippen LogP contribution is 2.47. The highest BCUT2D eigenvalue weighted by Gasteiger charge is 2.16. The van der Waals surface area contributed by atoms with E-state index in [4.69, 9.17) is 0 Å². The SMILES string of the molecule is Brc1c(-c2ccncc2)sc(-c2ccncc2)c1Br. The van der Waals surface area contributed by atoms with Gasteiger partial charge in [0, 0.05) is 24.8 Å². The zero-order valence-electron chi connectivity index (χ0n) is 9.68. The van der Waals surface area contributed by atoms with Gasteiger partial charge in [-0.2, -0.15) is 0 Å². The second-order valence-corrected chi connectivity index (χ2v) is 6.47. The quantitative estimate of drug-likeness (QED) is 0.580. The van der Waals surface area contributed by atoms with E-state index in [1.807, 2.05) is 49.1 Å². The summed E-state index contributed by atoms with van der Waals surface area (Å²) in [6.07, 6.45) is 7.23. The van der Waals surface area contributed by atoms with Crippen LogP contribution < -0.4 is 0 Å². The number of pyridine rings is 2. The van der Waals surface area contributed by atoms with Crippen LogP contribution in [-0.4, -0.2) is 9.97 Å². The number of hydrogen-bond acceptors (Lipinski definition) is 3. The number of aromatic nitrogens is 2. The molecule has 2 nitrogen and oxygen atoms in total. The Kier molecular flexibility index (Phi) is 3.77. The van der Waals surface area contributed by atoms with Crippen molar-refractivity contribution < 1.29 is 0 Å². The predicted molar refractivity (Wildman–Crippen MR) is 86.2 cm³/mol. The summed E-state index contributed by atoms with van der Waals surface area (Å²) < 4.78 is 2.16. The molecule has 0 unspecified atom stereocenters. The number of halogens is 2. The molecular weight excluding hydrogens is 388 g/mol. The summed E-state index contributed by atoms with van der Waals surface area (Å²) in [6.45, 7) is 0. The molecule has 3 aromatic heterocycles. The van der Waals surface area contributed by atoms with Crippen LogP contribution in [0.3, 0.4) is 0 Å². The van der Waals surface area contributed by atoms with Crippen molar-refractivity contribution in [2.45, 2.75) is 0 Å². The fourth-order valence-corrected chi connectivity index (χ4v) is 4.47. The molecule has 0 radical (unpaired) electrons. The van der Waals surface area contributed by atoms with E-state index in [2.05, 4.69) is 41.8 Å². The molecule has 0 atom stereocenters. The molecule has 0 aromatic carbocycles. The molecule has 0 aliphatic rings. The van der Waals surface area contributed by atoms with Crippen molar-refractivity contribution in [3.63, 3.8) is 0 Å². The van der Waals surface area contributed by atoms with E-state index in [0.717, 1.165) is 20.1 Å². The van der Waals surface area contributed by atoms with Crippen molar-refractivity contribution in [1.29, 1.82) is 0 Å². The predicted octanol–water partition coefficient (Wildman–Crippen LogP) is 5.40. The van der Waals surface area contributed by atoms with Gasteiger partial charge in [-0.1, -0.05) is 0 Å². The van der Waals surface area contributed by atoms with Crippen molar-refractivity contribution in [3.05, 3.63) is 58.0 Å². The highest BCUT2D eigenvalue weighted by atomic mass is 79.9. The third kappa shape index (κ3) is 2.50. The molecule has 3 rings (SSSR count). The lowest BCUT2D eigenvalue weighted by Crippen LogP contribution is -1.74. The van der Waals surface area contributed by atoms with Gasteiger partial charge in [0.05, 0.1) is 18.7 Å². The van der Waals surface area contributed by atoms with Gasteiger partial charge in [0.2, 0.25) is 0 Å². The van der Waals surface area contributed by atoms with Gasteiger partial charge in [0.25, 0.3) is 0 Å². The molecule has 94 valence electrons. The summed E-state index contributed by atoms with van der Waals surface area (Å²) in [5.74, 6) is 0. The average Bonchev–Trinajstić information content (AvgIpc) is 2.77. The molecule has 0 aliphatic carbocycles. The molecule has 0 fully saturated rings. The topological polar surface area (TPSA) is 25.8 Å². The smallest absolute Gasteiger partial charge is 0.0510 e. The van der Waals surface area contributed by atoms with Crippen molar-refractivity contribution in [2.24, 2.45) is 0 Å². The molecular formula is C14H8Br2N2S. The number of nitrogens with zero attached hydrogens (tertiary/aromatic N) is 2. The molecule has 5 heteroatoms. The summed E-state index contributed by atoms with van der Waals surface area (Å²) in [5, 5.41) is 0. The molecule has 0 aliphatic heterocycles. The Labute approximate surface area is 131 Å². The molecule has 0 amide bonds. The van der Waals surface area contributed by atoms with Gasteiger partial charge >= 0.3 is 0 Å². The fraction of sp³-hybridized carbons (Fsp3) is 0. The largest absolute Gasteiger partial charge is 0.265 e. The zero-order valence-corrected chi connectivity index (χ0v) is 13.7. The van der Waals surface area contributed by atoms with Crippen LogP contribution in [0.1, 0.15) is 0 Å². The van der Waals surface area contributed by atoms with Gasteiger partial charge in [0.1, 0.15) is 0 Å². The minimum atomic E-state index is 1.08. The van der Waals surface area contributed by atoms with Crippen LogP contribution in [0.25, 0.3) is 20.9 Å². The Morgan fingerprint density at radius 1 is 0.684 bits per heavy atom. The summed E-state index contributed by atoms with van der Waals surface area (Å²) in [7, 11) is 0. The molecule has 0 bridgehead atoms.